The van der Waals surface area contributed by atoms with Crippen molar-refractivity contribution in [1.29, 1.82) is 0 Å². The van der Waals surface area contributed by atoms with Gasteiger partial charge < -0.3 is 52.3 Å². The van der Waals surface area contributed by atoms with Gasteiger partial charge in [0.05, 0.1) is 24.2 Å². The summed E-state index contributed by atoms with van der Waals surface area (Å²) in [6.45, 7) is 18.3. The fourth-order valence-corrected chi connectivity index (χ4v) is 11.4. The zero-order valence-electron chi connectivity index (χ0n) is 48.0. The molecule has 8 N–H and O–H groups in total. The van der Waals surface area contributed by atoms with E-state index in [0.29, 0.717) is 0 Å². The number of likely N-dealkylation sites (tertiary alicyclic amines) is 2. The summed E-state index contributed by atoms with van der Waals surface area (Å²) in [6.07, 6.45) is 4.27. The largest absolute Gasteiger partial charge is 0.351 e. The number of benzene rings is 3. The van der Waals surface area contributed by atoms with Crippen LogP contribution in [0.15, 0.2) is 90.5 Å². The van der Waals surface area contributed by atoms with E-state index in [1.165, 1.54) is 9.80 Å². The van der Waals surface area contributed by atoms with Gasteiger partial charge in [0.1, 0.15) is 24.2 Å². The minimum absolute atomic E-state index is 0.00466. The molecule has 9 atom stereocenters. The summed E-state index contributed by atoms with van der Waals surface area (Å²) in [6, 6.07) is 16.2. The first-order valence-electron chi connectivity index (χ1n) is 27.8. The van der Waals surface area contributed by atoms with E-state index in [9.17, 15) is 38.4 Å². The Morgan fingerprint density at radius 3 is 1.30 bits per heavy atom. The predicted octanol–water partition coefficient (Wildman–Crippen LogP) is 4.71. The van der Waals surface area contributed by atoms with Crippen LogP contribution in [0.3, 0.4) is 0 Å². The highest BCUT2D eigenvalue weighted by Gasteiger charge is 2.48. The lowest BCUT2D eigenvalue weighted by Crippen LogP contribution is -2.59. The van der Waals surface area contributed by atoms with Crippen molar-refractivity contribution in [3.63, 3.8) is 0 Å². The topological polar surface area (TPSA) is 239 Å². The van der Waals surface area contributed by atoms with Crippen molar-refractivity contribution >= 4 is 52.8 Å². The van der Waals surface area contributed by atoms with Crippen LogP contribution in [0.5, 0.6) is 0 Å². The number of carbonyl (C=O) groups excluding carboxylic acids is 8. The summed E-state index contributed by atoms with van der Waals surface area (Å²) in [5.74, 6) is -3.20. The number of fused-ring (bicyclic) bond motifs is 4. The Morgan fingerprint density at radius 2 is 0.924 bits per heavy atom. The Morgan fingerprint density at radius 1 is 0.544 bits per heavy atom. The highest BCUT2D eigenvalue weighted by molar-refractivity contribution is 5.97. The molecule has 0 bridgehead atoms. The number of rotatable bonds is 18. The Hall–Kier alpha value is -7.18. The van der Waals surface area contributed by atoms with Crippen LogP contribution in [0.25, 0.3) is 16.7 Å². The molecule has 3 aromatic rings. The molecule has 18 heteroatoms. The lowest BCUT2D eigenvalue weighted by Gasteiger charge is -2.36. The molecule has 2 saturated heterocycles. The molecule has 424 valence electrons. The quantitative estimate of drug-likeness (QED) is 0.0873. The van der Waals surface area contributed by atoms with Crippen molar-refractivity contribution in [2.45, 2.75) is 162 Å². The molecule has 0 spiro atoms. The molecule has 2 aliphatic carbocycles. The van der Waals surface area contributed by atoms with Gasteiger partial charge in [-0.2, -0.15) is 0 Å². The predicted molar refractivity (Wildman–Crippen MR) is 304 cm³/mol. The zero-order chi connectivity index (χ0) is 57.7. The molecular formula is C61H82N10O8. The Kier molecular flexibility index (Phi) is 18.7. The molecule has 3 aromatic carbocycles. The third-order valence-corrected chi connectivity index (χ3v) is 16.0. The molecule has 0 radical (unpaired) electrons. The summed E-state index contributed by atoms with van der Waals surface area (Å²) in [5.41, 5.74) is 6.24. The SMILES string of the molecule is CC=C1/C(=C\C)C(NC(=O)[C@@H]2C[C@H](NC(=O)CCCC(=O)N[C@H]3C[C@@H](C(=O)NC4c5ccccc5-c5ccccc54)N(C(=O)[C@@H](NC(=O)[C@H](C)NC)C(C)(C)C)C3)CN2C(=O)[C@@H](NC(=O)[C@H](C)NC)C(C)(C)C)c2ccccc21. The van der Waals surface area contributed by atoms with Gasteiger partial charge in [0.25, 0.3) is 0 Å². The normalized spacial score (nSPS) is 22.3. The van der Waals surface area contributed by atoms with Crippen LogP contribution < -0.4 is 42.5 Å². The van der Waals surface area contributed by atoms with Gasteiger partial charge in [-0.15, -0.1) is 0 Å². The number of hydrogen-bond acceptors (Lipinski definition) is 10. The number of carbonyl (C=O) groups is 8. The highest BCUT2D eigenvalue weighted by Crippen LogP contribution is 2.45. The first-order valence-corrected chi connectivity index (χ1v) is 27.8. The van der Waals surface area contributed by atoms with Gasteiger partial charge in [0.2, 0.25) is 47.3 Å². The summed E-state index contributed by atoms with van der Waals surface area (Å²) >= 11 is 0. The van der Waals surface area contributed by atoms with Gasteiger partial charge in [-0.3, -0.25) is 38.4 Å². The average molecular weight is 1080 g/mol. The summed E-state index contributed by atoms with van der Waals surface area (Å²) in [7, 11) is 3.30. The summed E-state index contributed by atoms with van der Waals surface area (Å²) < 4.78 is 0. The second-order valence-corrected chi connectivity index (χ2v) is 23.6. The van der Waals surface area contributed by atoms with Gasteiger partial charge in [-0.25, -0.2) is 0 Å². The molecule has 2 aliphatic heterocycles. The fourth-order valence-electron chi connectivity index (χ4n) is 11.4. The summed E-state index contributed by atoms with van der Waals surface area (Å²) in [5, 5.41) is 24.2. The van der Waals surface area contributed by atoms with E-state index in [4.69, 9.17) is 0 Å². The van der Waals surface area contributed by atoms with Gasteiger partial charge in [-0.1, -0.05) is 126 Å². The van der Waals surface area contributed by atoms with Crippen molar-refractivity contribution in [1.82, 2.24) is 52.3 Å². The second kappa shape index (κ2) is 24.9. The third kappa shape index (κ3) is 13.1. The molecule has 7 rings (SSSR count). The smallest absolute Gasteiger partial charge is 0.246 e. The lowest BCUT2D eigenvalue weighted by atomic mass is 9.85. The van der Waals surface area contributed by atoms with Crippen molar-refractivity contribution in [3.8, 4) is 11.1 Å². The van der Waals surface area contributed by atoms with Crippen LogP contribution >= 0.6 is 0 Å². The van der Waals surface area contributed by atoms with Crippen LogP contribution in [-0.2, 0) is 38.4 Å². The standard InChI is InChI=1S/C61H82N10O8/c1-13-38-39(14-2)50(43-25-18-15-22-40(38)43)66-56(76)46-30-36(32-70(46)58(78)52(60(5,6)7)68-54(74)34(3)62-11)64-48(72)28-21-29-49(73)65-37-31-47(71(33-37)59(79)53(61(8,9)10)69-55(75)35(4)63-12)57(77)67-51-44-26-19-16-23-41(44)42-24-17-20-27-45(42)51/h13-20,22-27,34-37,46-47,50-53,62-63H,21,28-33H2,1-12H3,(H,64,72)(H,65,73)(H,66,76)(H,67,77)(H,68,74)(H,69,75)/b38-13?,39-14+/t34-,35-,36-,37-,46-,47-,50?,52+,53+/m0/s1. The molecule has 1 unspecified atom stereocenters. The molecule has 79 heavy (non-hydrogen) atoms. The molecule has 2 heterocycles. The molecule has 0 saturated carbocycles. The maximum atomic E-state index is 14.7. The fraction of sp³-hybridized carbons (Fsp3) is 0.508. The van der Waals surface area contributed by atoms with Crippen molar-refractivity contribution in [2.24, 2.45) is 10.8 Å². The number of likely N-dealkylation sites (N-methyl/N-ethyl adjacent to an activating group) is 2. The van der Waals surface area contributed by atoms with E-state index in [1.807, 2.05) is 140 Å². The van der Waals surface area contributed by atoms with E-state index < -0.39 is 94.9 Å². The van der Waals surface area contributed by atoms with Crippen molar-refractivity contribution in [3.05, 3.63) is 113 Å². The van der Waals surface area contributed by atoms with E-state index in [1.54, 1.807) is 27.9 Å². The minimum Gasteiger partial charge on any atom is -0.351 e. The molecule has 18 nitrogen and oxygen atoms in total. The van der Waals surface area contributed by atoms with Crippen LogP contribution in [0.4, 0.5) is 0 Å². The van der Waals surface area contributed by atoms with E-state index >= 15 is 0 Å². The second-order valence-electron chi connectivity index (χ2n) is 23.6. The molecule has 8 amide bonds. The number of amides is 8. The van der Waals surface area contributed by atoms with Crippen molar-refractivity contribution in [2.75, 3.05) is 27.2 Å². The number of allylic oxidation sites excluding steroid dienone is 2. The van der Waals surface area contributed by atoms with Gasteiger partial charge >= 0.3 is 0 Å². The van der Waals surface area contributed by atoms with Gasteiger partial charge in [-0.05, 0) is 116 Å². The Labute approximate surface area is 465 Å². The molecular weight excluding hydrogens is 1000 g/mol. The maximum Gasteiger partial charge on any atom is 0.246 e. The maximum absolute atomic E-state index is 14.7. The first kappa shape index (κ1) is 59.5. The van der Waals surface area contributed by atoms with Crippen LogP contribution in [0, 0.1) is 10.8 Å². The number of hydrogen-bond donors (Lipinski definition) is 8. The first-order chi connectivity index (χ1) is 37.4. The Bertz CT molecular complexity index is 2840. The van der Waals surface area contributed by atoms with Crippen LogP contribution in [-0.4, -0.2) is 133 Å². The number of nitrogens with one attached hydrogen (secondary N) is 8. The average Bonchev–Trinajstić information content (AvgIpc) is 4.33. The minimum atomic E-state index is -1.00. The Balaban J connectivity index is 1.03. The lowest BCUT2D eigenvalue weighted by molar-refractivity contribution is -0.144. The summed E-state index contributed by atoms with van der Waals surface area (Å²) in [4.78, 5) is 116. The van der Waals surface area contributed by atoms with Crippen LogP contribution in [0.1, 0.15) is 136 Å². The number of nitrogens with zero attached hydrogens (tertiary/aromatic N) is 2. The van der Waals surface area contributed by atoms with E-state index in [-0.39, 0.29) is 68.8 Å². The molecule has 2 fully saturated rings. The molecule has 4 aliphatic rings. The van der Waals surface area contributed by atoms with Crippen molar-refractivity contribution < 1.29 is 38.4 Å². The van der Waals surface area contributed by atoms with E-state index in [0.717, 1.165) is 44.5 Å². The van der Waals surface area contributed by atoms with Gasteiger partial charge in [0.15, 0.2) is 0 Å². The zero-order valence-corrected chi connectivity index (χ0v) is 48.0. The third-order valence-electron chi connectivity index (χ3n) is 16.0. The highest BCUT2D eigenvalue weighted by atomic mass is 16.2. The van der Waals surface area contributed by atoms with Crippen LogP contribution in [0.2, 0.25) is 0 Å². The molecule has 0 aromatic heterocycles. The van der Waals surface area contributed by atoms with E-state index in [2.05, 4.69) is 42.5 Å². The van der Waals surface area contributed by atoms with Gasteiger partial charge in [0, 0.05) is 38.0 Å². The monoisotopic (exact) mass is 1080 g/mol.